The van der Waals surface area contributed by atoms with Crippen LogP contribution in [0.2, 0.25) is 0 Å². The average molecular weight is 470 g/mol. The second-order valence-electron chi connectivity index (χ2n) is 8.95. The Balaban J connectivity index is 1.88. The van der Waals surface area contributed by atoms with Gasteiger partial charge in [-0.3, -0.25) is 15.0 Å². The monoisotopic (exact) mass is 469 g/mol. The van der Waals surface area contributed by atoms with Gasteiger partial charge in [0, 0.05) is 36.2 Å². The minimum atomic E-state index is -1.19. The lowest BCUT2D eigenvalue weighted by Crippen LogP contribution is -2.49. The third-order valence-corrected chi connectivity index (χ3v) is 5.97. The van der Waals surface area contributed by atoms with Crippen molar-refractivity contribution in [3.8, 4) is 17.1 Å². The highest BCUT2D eigenvalue weighted by atomic mass is 32.2. The molecule has 3 aromatic rings. The summed E-state index contributed by atoms with van der Waals surface area (Å²) in [6.07, 6.45) is 1.80. The number of aromatic amines is 1. The summed E-state index contributed by atoms with van der Waals surface area (Å²) in [5.74, 6) is 0.958. The van der Waals surface area contributed by atoms with Crippen molar-refractivity contribution in [2.24, 2.45) is 0 Å². The molecule has 1 unspecified atom stereocenters. The maximum atomic E-state index is 12.5. The van der Waals surface area contributed by atoms with Crippen LogP contribution in [0.4, 0.5) is 16.2 Å². The van der Waals surface area contributed by atoms with E-state index in [2.05, 4.69) is 35.8 Å². The molecule has 0 aliphatic carbocycles. The summed E-state index contributed by atoms with van der Waals surface area (Å²) in [6, 6.07) is 8.83. The van der Waals surface area contributed by atoms with Crippen LogP contribution in [0.5, 0.6) is 5.75 Å². The fraction of sp³-hybridized carbons (Fsp3) is 0.348. The molecule has 174 valence electrons. The Bertz CT molecular complexity index is 1280. The van der Waals surface area contributed by atoms with Gasteiger partial charge in [0.1, 0.15) is 22.6 Å². The molecular weight excluding hydrogens is 442 g/mol. The first-order chi connectivity index (χ1) is 15.6. The molecule has 1 fully saturated rings. The van der Waals surface area contributed by atoms with E-state index < -0.39 is 17.0 Å². The van der Waals surface area contributed by atoms with E-state index in [4.69, 9.17) is 9.72 Å². The summed E-state index contributed by atoms with van der Waals surface area (Å²) in [4.78, 5) is 33.8. The van der Waals surface area contributed by atoms with Gasteiger partial charge in [-0.15, -0.1) is 0 Å². The van der Waals surface area contributed by atoms with E-state index in [1.54, 1.807) is 18.3 Å². The molecule has 33 heavy (non-hydrogen) atoms. The highest BCUT2D eigenvalue weighted by molar-refractivity contribution is 7.85. The number of carbonyl (C=O) groups is 2. The zero-order chi connectivity index (χ0) is 23.9. The molecule has 3 amide bonds. The smallest absolute Gasteiger partial charge is 0.328 e. The van der Waals surface area contributed by atoms with Gasteiger partial charge in [0.25, 0.3) is 0 Å². The molecule has 1 aromatic heterocycles. The van der Waals surface area contributed by atoms with Crippen molar-refractivity contribution < 1.29 is 18.5 Å². The normalized spacial score (nSPS) is 15.5. The summed E-state index contributed by atoms with van der Waals surface area (Å²) >= 11 is 0. The van der Waals surface area contributed by atoms with Gasteiger partial charge in [0.05, 0.1) is 23.7 Å². The second kappa shape index (κ2) is 8.51. The Labute approximate surface area is 194 Å². The van der Waals surface area contributed by atoms with Gasteiger partial charge in [-0.05, 0) is 35.7 Å². The number of imidazole rings is 1. The molecule has 10 heteroatoms. The molecule has 2 heterocycles. The molecule has 9 nitrogen and oxygen atoms in total. The number of nitrogens with zero attached hydrogens (tertiary/aromatic N) is 2. The van der Waals surface area contributed by atoms with Gasteiger partial charge >= 0.3 is 6.03 Å². The number of H-pyrrole nitrogens is 1. The Morgan fingerprint density at radius 2 is 1.94 bits per heavy atom. The third kappa shape index (κ3) is 4.56. The molecule has 1 aliphatic heterocycles. The Hall–Kier alpha value is -3.40. The lowest BCUT2D eigenvalue weighted by atomic mass is 9.84. The van der Waals surface area contributed by atoms with Gasteiger partial charge in [-0.2, -0.15) is 0 Å². The number of aromatic nitrogens is 2. The number of ether oxygens (including phenoxy) is 1. The summed E-state index contributed by atoms with van der Waals surface area (Å²) in [5.41, 5.74) is 4.21. The van der Waals surface area contributed by atoms with E-state index >= 15 is 0 Å². The highest BCUT2D eigenvalue weighted by Gasteiger charge is 2.29. The molecule has 0 spiro atoms. The van der Waals surface area contributed by atoms with Crippen molar-refractivity contribution in [1.82, 2.24) is 15.3 Å². The van der Waals surface area contributed by atoms with Crippen LogP contribution in [-0.2, 0) is 21.2 Å². The summed E-state index contributed by atoms with van der Waals surface area (Å²) < 4.78 is 20.2. The van der Waals surface area contributed by atoms with Crippen molar-refractivity contribution in [1.29, 1.82) is 0 Å². The SMILES string of the molecule is COc1c(-c2nc3ccc(NS(C)=O)cc3[nH]2)cc(N2CCC(=O)NC2=O)cc1C(C)(C)C. The summed E-state index contributed by atoms with van der Waals surface area (Å²) in [6.45, 7) is 6.50. The molecule has 2 aromatic carbocycles. The third-order valence-electron chi connectivity index (χ3n) is 5.45. The van der Waals surface area contributed by atoms with E-state index in [1.807, 2.05) is 30.3 Å². The molecule has 1 aliphatic rings. The number of rotatable bonds is 5. The minimum Gasteiger partial charge on any atom is -0.496 e. The van der Waals surface area contributed by atoms with Gasteiger partial charge in [0.15, 0.2) is 0 Å². The van der Waals surface area contributed by atoms with E-state index in [1.165, 1.54) is 0 Å². The maximum absolute atomic E-state index is 12.5. The molecular formula is C23H27N5O4S. The van der Waals surface area contributed by atoms with E-state index in [0.717, 1.165) is 16.6 Å². The first-order valence-electron chi connectivity index (χ1n) is 10.5. The minimum absolute atomic E-state index is 0.233. The van der Waals surface area contributed by atoms with Crippen molar-refractivity contribution in [3.63, 3.8) is 0 Å². The van der Waals surface area contributed by atoms with Crippen LogP contribution in [0.25, 0.3) is 22.4 Å². The fourth-order valence-electron chi connectivity index (χ4n) is 3.90. The quantitative estimate of drug-likeness (QED) is 0.527. The molecule has 1 atom stereocenters. The van der Waals surface area contributed by atoms with Crippen molar-refractivity contribution in [3.05, 3.63) is 35.9 Å². The summed E-state index contributed by atoms with van der Waals surface area (Å²) in [7, 11) is 0.422. The van der Waals surface area contributed by atoms with Crippen molar-refractivity contribution >= 4 is 45.3 Å². The first-order valence-corrected chi connectivity index (χ1v) is 12.1. The van der Waals surface area contributed by atoms with Crippen molar-refractivity contribution in [2.75, 3.05) is 29.5 Å². The van der Waals surface area contributed by atoms with Crippen LogP contribution in [0.1, 0.15) is 32.8 Å². The highest BCUT2D eigenvalue weighted by Crippen LogP contribution is 2.42. The number of methoxy groups -OCH3 is 1. The standard InChI is InChI=1S/C23H27N5O4S/c1-23(2,3)16-12-14(28-9-8-19(29)26-22(28)30)11-15(20(16)32-4)21-24-17-7-6-13(27-33(5)31)10-18(17)25-21/h6-7,10-12,27H,8-9H2,1-5H3,(H,24,25)(H,26,29,30). The van der Waals surface area contributed by atoms with E-state index in [-0.39, 0.29) is 17.7 Å². The van der Waals surface area contributed by atoms with Crippen LogP contribution in [0, 0.1) is 0 Å². The lowest BCUT2D eigenvalue weighted by molar-refractivity contribution is -0.120. The zero-order valence-electron chi connectivity index (χ0n) is 19.2. The van der Waals surface area contributed by atoms with Crippen LogP contribution < -0.4 is 19.7 Å². The number of carbonyl (C=O) groups excluding carboxylic acids is 2. The molecule has 1 saturated heterocycles. The molecule has 0 bridgehead atoms. The van der Waals surface area contributed by atoms with Gasteiger partial charge in [-0.25, -0.2) is 14.0 Å². The molecule has 3 N–H and O–H groups in total. The molecule has 0 radical (unpaired) electrons. The topological polar surface area (TPSA) is 116 Å². The van der Waals surface area contributed by atoms with Crippen LogP contribution in [0.3, 0.4) is 0 Å². The second-order valence-corrected chi connectivity index (χ2v) is 10.1. The number of benzene rings is 2. The predicted molar refractivity (Wildman–Crippen MR) is 130 cm³/mol. The molecule has 4 rings (SSSR count). The number of hydrogen-bond acceptors (Lipinski definition) is 5. The maximum Gasteiger partial charge on any atom is 0.328 e. The number of amides is 3. The van der Waals surface area contributed by atoms with Crippen molar-refractivity contribution in [2.45, 2.75) is 32.6 Å². The molecule has 0 saturated carbocycles. The lowest BCUT2D eigenvalue weighted by Gasteiger charge is -2.30. The average Bonchev–Trinajstić information content (AvgIpc) is 3.15. The van der Waals surface area contributed by atoms with Crippen LogP contribution in [0.15, 0.2) is 30.3 Å². The summed E-state index contributed by atoms with van der Waals surface area (Å²) in [5, 5.41) is 2.38. The van der Waals surface area contributed by atoms with Gasteiger partial charge in [-0.1, -0.05) is 20.8 Å². The Kier molecular flexibility index (Phi) is 5.87. The van der Waals surface area contributed by atoms with Gasteiger partial charge in [0.2, 0.25) is 5.91 Å². The fourth-order valence-corrected chi connectivity index (χ4v) is 4.36. The van der Waals surface area contributed by atoms with Crippen LogP contribution in [-0.4, -0.2) is 46.0 Å². The zero-order valence-corrected chi connectivity index (χ0v) is 20.1. The predicted octanol–water partition coefficient (Wildman–Crippen LogP) is 3.69. The number of imide groups is 1. The van der Waals surface area contributed by atoms with E-state index in [0.29, 0.717) is 35.1 Å². The number of hydrogen-bond donors (Lipinski definition) is 3. The number of anilines is 2. The van der Waals surface area contributed by atoms with E-state index in [9.17, 15) is 13.8 Å². The number of fused-ring (bicyclic) bond motifs is 1. The number of urea groups is 1. The largest absolute Gasteiger partial charge is 0.496 e. The number of nitrogens with one attached hydrogen (secondary N) is 3. The Morgan fingerprint density at radius 1 is 1.18 bits per heavy atom. The van der Waals surface area contributed by atoms with Gasteiger partial charge < -0.3 is 14.4 Å². The first kappa shape index (κ1) is 22.8. The Morgan fingerprint density at radius 3 is 2.58 bits per heavy atom. The van der Waals surface area contributed by atoms with Crippen LogP contribution >= 0.6 is 0 Å².